The van der Waals surface area contributed by atoms with Crippen molar-refractivity contribution in [1.29, 1.82) is 0 Å². The molecule has 0 saturated carbocycles. The number of hydrogen-bond acceptors (Lipinski definition) is 5. The average molecular weight is 250 g/mol. The number of hydrogen-bond donors (Lipinski definition) is 2. The zero-order valence-corrected chi connectivity index (χ0v) is 10.4. The van der Waals surface area contributed by atoms with E-state index in [-0.39, 0.29) is 0 Å². The molecule has 18 heavy (non-hydrogen) atoms. The van der Waals surface area contributed by atoms with E-state index in [4.69, 9.17) is 10.2 Å². The molecule has 0 bridgehead atoms. The van der Waals surface area contributed by atoms with Gasteiger partial charge in [0.1, 0.15) is 5.76 Å². The van der Waals surface area contributed by atoms with Crippen molar-refractivity contribution in [1.82, 2.24) is 14.7 Å². The first-order chi connectivity index (χ1) is 8.63. The van der Waals surface area contributed by atoms with Crippen molar-refractivity contribution < 1.29 is 9.52 Å². The third-order valence-corrected chi connectivity index (χ3v) is 2.58. The molecule has 6 heteroatoms. The normalized spacial score (nSPS) is 13.1. The van der Waals surface area contributed by atoms with Gasteiger partial charge in [0.25, 0.3) is 0 Å². The van der Waals surface area contributed by atoms with Crippen molar-refractivity contribution in [2.45, 2.75) is 19.2 Å². The van der Waals surface area contributed by atoms with E-state index in [0.29, 0.717) is 25.3 Å². The number of aromatic nitrogens is 2. The highest BCUT2D eigenvalue weighted by Crippen LogP contribution is 2.05. The van der Waals surface area contributed by atoms with Gasteiger partial charge in [-0.25, -0.2) is 0 Å². The average Bonchev–Trinajstić information content (AvgIpc) is 2.90. The van der Waals surface area contributed by atoms with Crippen LogP contribution in [0.2, 0.25) is 0 Å². The summed E-state index contributed by atoms with van der Waals surface area (Å²) >= 11 is 0. The zero-order valence-electron chi connectivity index (χ0n) is 10.4. The maximum Gasteiger partial charge on any atom is 0.117 e. The molecule has 1 atom stereocenters. The van der Waals surface area contributed by atoms with Gasteiger partial charge in [0.15, 0.2) is 0 Å². The smallest absolute Gasteiger partial charge is 0.117 e. The topological polar surface area (TPSA) is 80.5 Å². The van der Waals surface area contributed by atoms with Crippen molar-refractivity contribution in [3.8, 4) is 0 Å². The lowest BCUT2D eigenvalue weighted by Gasteiger charge is -2.19. The second kappa shape index (κ2) is 5.70. The number of anilines is 1. The fourth-order valence-corrected chi connectivity index (χ4v) is 1.85. The van der Waals surface area contributed by atoms with Crippen molar-refractivity contribution in [3.05, 3.63) is 36.5 Å². The molecule has 98 valence electrons. The van der Waals surface area contributed by atoms with Gasteiger partial charge < -0.3 is 15.3 Å². The number of nitrogens with zero attached hydrogens (tertiary/aromatic N) is 3. The molecule has 1 unspecified atom stereocenters. The Morgan fingerprint density at radius 1 is 1.61 bits per heavy atom. The maximum absolute atomic E-state index is 9.94. The highest BCUT2D eigenvalue weighted by Gasteiger charge is 2.11. The predicted molar refractivity (Wildman–Crippen MR) is 67.7 cm³/mol. The number of aliphatic hydroxyl groups excluding tert-OH is 1. The molecule has 0 aliphatic heterocycles. The summed E-state index contributed by atoms with van der Waals surface area (Å²) in [5, 5.41) is 14.0. The van der Waals surface area contributed by atoms with Crippen LogP contribution in [0, 0.1) is 0 Å². The zero-order chi connectivity index (χ0) is 13.0. The van der Waals surface area contributed by atoms with Crippen molar-refractivity contribution in [2.24, 2.45) is 0 Å². The van der Waals surface area contributed by atoms with E-state index >= 15 is 0 Å². The molecule has 0 amide bonds. The summed E-state index contributed by atoms with van der Waals surface area (Å²) in [6.07, 6.45) is 4.42. The van der Waals surface area contributed by atoms with E-state index in [1.165, 1.54) is 0 Å². The monoisotopic (exact) mass is 250 g/mol. The quantitative estimate of drug-likeness (QED) is 0.782. The minimum absolute atomic E-state index is 0.430. The largest absolute Gasteiger partial charge is 0.468 e. The summed E-state index contributed by atoms with van der Waals surface area (Å²) in [6.45, 7) is 1.64. The number of nitrogen functional groups attached to an aromatic ring is 1. The van der Waals surface area contributed by atoms with Crippen LogP contribution in [0.5, 0.6) is 0 Å². The molecule has 0 fully saturated rings. The molecule has 0 aromatic carbocycles. The third-order valence-electron chi connectivity index (χ3n) is 2.58. The Labute approximate surface area is 106 Å². The summed E-state index contributed by atoms with van der Waals surface area (Å²) in [7, 11) is 1.93. The Bertz CT molecular complexity index is 466. The molecule has 0 saturated heterocycles. The first kappa shape index (κ1) is 12.7. The highest BCUT2D eigenvalue weighted by molar-refractivity contribution is 5.30. The third kappa shape index (κ3) is 3.61. The molecule has 0 aliphatic carbocycles. The van der Waals surface area contributed by atoms with Gasteiger partial charge in [-0.1, -0.05) is 0 Å². The Morgan fingerprint density at radius 2 is 2.44 bits per heavy atom. The highest BCUT2D eigenvalue weighted by atomic mass is 16.3. The minimum Gasteiger partial charge on any atom is -0.468 e. The van der Waals surface area contributed by atoms with Crippen LogP contribution in [-0.2, 0) is 13.1 Å². The van der Waals surface area contributed by atoms with E-state index in [0.717, 1.165) is 5.76 Å². The van der Waals surface area contributed by atoms with Crippen LogP contribution >= 0.6 is 0 Å². The van der Waals surface area contributed by atoms with Crippen LogP contribution in [0.4, 0.5) is 5.69 Å². The summed E-state index contributed by atoms with van der Waals surface area (Å²) in [5.41, 5.74) is 6.16. The van der Waals surface area contributed by atoms with Gasteiger partial charge in [-0.2, -0.15) is 5.10 Å². The summed E-state index contributed by atoms with van der Waals surface area (Å²) in [5.74, 6) is 0.882. The Morgan fingerprint density at radius 3 is 3.06 bits per heavy atom. The Kier molecular flexibility index (Phi) is 4.01. The van der Waals surface area contributed by atoms with E-state index in [1.54, 1.807) is 23.3 Å². The van der Waals surface area contributed by atoms with E-state index in [9.17, 15) is 5.11 Å². The lowest BCUT2D eigenvalue weighted by molar-refractivity contribution is 0.101. The molecule has 6 nitrogen and oxygen atoms in total. The second-order valence-corrected chi connectivity index (χ2v) is 4.43. The van der Waals surface area contributed by atoms with Gasteiger partial charge in [-0.3, -0.25) is 9.58 Å². The molecule has 2 aromatic heterocycles. The van der Waals surface area contributed by atoms with Crippen LogP contribution in [0.1, 0.15) is 5.76 Å². The van der Waals surface area contributed by atoms with Crippen LogP contribution in [0.25, 0.3) is 0 Å². The van der Waals surface area contributed by atoms with Gasteiger partial charge in [0.05, 0.1) is 37.3 Å². The molecule has 2 rings (SSSR count). The molecule has 0 spiro atoms. The van der Waals surface area contributed by atoms with E-state index in [1.807, 2.05) is 24.1 Å². The van der Waals surface area contributed by atoms with Gasteiger partial charge >= 0.3 is 0 Å². The van der Waals surface area contributed by atoms with Crippen LogP contribution < -0.4 is 5.73 Å². The van der Waals surface area contributed by atoms with Crippen LogP contribution in [0.15, 0.2) is 35.2 Å². The molecule has 0 aliphatic rings. The van der Waals surface area contributed by atoms with Crippen molar-refractivity contribution in [2.75, 3.05) is 19.3 Å². The van der Waals surface area contributed by atoms with Crippen LogP contribution in [0.3, 0.4) is 0 Å². The minimum atomic E-state index is -0.496. The fourth-order valence-electron chi connectivity index (χ4n) is 1.85. The SMILES string of the molecule is CN(Cc1ccco1)CC(O)Cn1cc(N)cn1. The number of furan rings is 1. The molecule has 0 radical (unpaired) electrons. The Balaban J connectivity index is 1.78. The fraction of sp³-hybridized carbons (Fsp3) is 0.417. The van der Waals surface area contributed by atoms with Crippen molar-refractivity contribution in [3.63, 3.8) is 0 Å². The first-order valence-corrected chi connectivity index (χ1v) is 5.80. The number of likely N-dealkylation sites (N-methyl/N-ethyl adjacent to an activating group) is 1. The van der Waals surface area contributed by atoms with E-state index < -0.39 is 6.10 Å². The number of nitrogens with two attached hydrogens (primary N) is 1. The molecule has 3 N–H and O–H groups in total. The summed E-state index contributed by atoms with van der Waals surface area (Å²) < 4.78 is 6.89. The standard InChI is InChI=1S/C12H18N4O2/c1-15(9-12-3-2-4-18-12)7-11(17)8-16-6-10(13)5-14-16/h2-6,11,17H,7-9,13H2,1H3. The van der Waals surface area contributed by atoms with E-state index in [2.05, 4.69) is 5.10 Å². The Hall–Kier alpha value is -1.79. The number of rotatable bonds is 6. The molecular formula is C12H18N4O2. The van der Waals surface area contributed by atoms with Gasteiger partial charge in [0, 0.05) is 12.7 Å². The van der Waals surface area contributed by atoms with Crippen LogP contribution in [-0.4, -0.2) is 39.5 Å². The number of aliphatic hydroxyl groups is 1. The summed E-state index contributed by atoms with van der Waals surface area (Å²) in [6, 6.07) is 3.77. The maximum atomic E-state index is 9.94. The molecular weight excluding hydrogens is 232 g/mol. The summed E-state index contributed by atoms with van der Waals surface area (Å²) in [4.78, 5) is 2.00. The lowest BCUT2D eigenvalue weighted by Crippen LogP contribution is -2.31. The first-order valence-electron chi connectivity index (χ1n) is 5.80. The molecule has 2 heterocycles. The molecule has 2 aromatic rings. The van der Waals surface area contributed by atoms with Gasteiger partial charge in [0.2, 0.25) is 0 Å². The van der Waals surface area contributed by atoms with Crippen molar-refractivity contribution >= 4 is 5.69 Å². The predicted octanol–water partition coefficient (Wildman–Crippen LogP) is 0.551. The van der Waals surface area contributed by atoms with Gasteiger partial charge in [-0.15, -0.1) is 0 Å². The van der Waals surface area contributed by atoms with Gasteiger partial charge in [-0.05, 0) is 19.2 Å². The lowest BCUT2D eigenvalue weighted by atomic mass is 10.3. The second-order valence-electron chi connectivity index (χ2n) is 4.43.